The third kappa shape index (κ3) is 3.13. The Hall–Kier alpha value is -2.29. The minimum atomic E-state index is -0.487. The van der Waals surface area contributed by atoms with Crippen LogP contribution < -0.4 is 5.32 Å². The highest BCUT2D eigenvalue weighted by atomic mass is 32.1. The topological polar surface area (TPSA) is 110 Å². The van der Waals surface area contributed by atoms with E-state index in [0.29, 0.717) is 10.6 Å². The maximum Gasteiger partial charge on any atom is 0.340 e. The van der Waals surface area contributed by atoms with Crippen LogP contribution in [0, 0.1) is 6.92 Å². The van der Waals surface area contributed by atoms with Gasteiger partial charge in [0.2, 0.25) is 5.91 Å². The maximum absolute atomic E-state index is 11.8. The quantitative estimate of drug-likeness (QED) is 0.791. The Labute approximate surface area is 112 Å². The van der Waals surface area contributed by atoms with Gasteiger partial charge >= 0.3 is 5.97 Å². The van der Waals surface area contributed by atoms with Crippen LogP contribution in [0.1, 0.15) is 21.1 Å². The summed E-state index contributed by atoms with van der Waals surface area (Å²) >= 11 is 1.30. The molecule has 2 aromatic rings. The number of carbonyl (C=O) groups excluding carboxylic acids is 2. The summed E-state index contributed by atoms with van der Waals surface area (Å²) in [7, 11) is 1.29. The Morgan fingerprint density at radius 2 is 2.32 bits per heavy atom. The standard InChI is InChI=1S/C10H11N5O3S/c1-5-3-6(10(17)18-2)9(19-5)11-8(16)4-7-12-14-15-13-7/h3H,4H2,1-2H3,(H,11,16)(H,12,13,14,15). The lowest BCUT2D eigenvalue weighted by molar-refractivity contribution is -0.115. The van der Waals surface area contributed by atoms with Crippen molar-refractivity contribution in [3.8, 4) is 0 Å². The maximum atomic E-state index is 11.8. The Bertz CT molecular complexity index is 592. The number of esters is 1. The molecule has 0 saturated carbocycles. The van der Waals surface area contributed by atoms with Crippen molar-refractivity contribution in [3.63, 3.8) is 0 Å². The Morgan fingerprint density at radius 3 is 2.95 bits per heavy atom. The Morgan fingerprint density at radius 1 is 1.53 bits per heavy atom. The van der Waals surface area contributed by atoms with Crippen molar-refractivity contribution in [2.75, 3.05) is 12.4 Å². The first-order valence-corrected chi connectivity index (χ1v) is 6.12. The first kappa shape index (κ1) is 13.1. The van der Waals surface area contributed by atoms with Crippen molar-refractivity contribution >= 4 is 28.2 Å². The summed E-state index contributed by atoms with van der Waals surface area (Å²) < 4.78 is 4.65. The van der Waals surface area contributed by atoms with E-state index in [1.54, 1.807) is 6.07 Å². The molecule has 9 heteroatoms. The van der Waals surface area contributed by atoms with Crippen LogP contribution in [0.25, 0.3) is 0 Å². The van der Waals surface area contributed by atoms with Gasteiger partial charge in [-0.05, 0) is 13.0 Å². The van der Waals surface area contributed by atoms with Crippen molar-refractivity contribution in [2.45, 2.75) is 13.3 Å². The number of nitrogens with one attached hydrogen (secondary N) is 2. The van der Waals surface area contributed by atoms with E-state index in [2.05, 4.69) is 30.7 Å². The van der Waals surface area contributed by atoms with E-state index in [1.165, 1.54) is 18.4 Å². The van der Waals surface area contributed by atoms with E-state index in [-0.39, 0.29) is 18.2 Å². The van der Waals surface area contributed by atoms with Crippen LogP contribution in [0.15, 0.2) is 6.07 Å². The van der Waals surface area contributed by atoms with Crippen LogP contribution in [0.2, 0.25) is 0 Å². The molecule has 0 aliphatic rings. The monoisotopic (exact) mass is 281 g/mol. The number of anilines is 1. The predicted octanol–water partition coefficient (Wildman–Crippen LogP) is 0.537. The molecule has 1 amide bonds. The number of rotatable bonds is 4. The van der Waals surface area contributed by atoms with Crippen molar-refractivity contribution in [1.29, 1.82) is 0 Å². The van der Waals surface area contributed by atoms with Gasteiger partial charge in [0.15, 0.2) is 5.82 Å². The number of H-pyrrole nitrogens is 1. The molecule has 100 valence electrons. The second-order valence-corrected chi connectivity index (χ2v) is 4.90. The lowest BCUT2D eigenvalue weighted by Crippen LogP contribution is -2.16. The highest BCUT2D eigenvalue weighted by Gasteiger charge is 2.18. The molecule has 0 unspecified atom stereocenters. The van der Waals surface area contributed by atoms with Gasteiger partial charge in [-0.2, -0.15) is 5.21 Å². The van der Waals surface area contributed by atoms with Gasteiger partial charge in [0.05, 0.1) is 19.1 Å². The second kappa shape index (κ2) is 5.57. The summed E-state index contributed by atoms with van der Waals surface area (Å²) in [6.45, 7) is 1.84. The largest absolute Gasteiger partial charge is 0.465 e. The molecule has 0 saturated heterocycles. The van der Waals surface area contributed by atoms with Crippen LogP contribution in [0.4, 0.5) is 5.00 Å². The molecule has 2 N–H and O–H groups in total. The van der Waals surface area contributed by atoms with Crippen LogP contribution in [0.3, 0.4) is 0 Å². The lowest BCUT2D eigenvalue weighted by Gasteiger charge is -2.03. The number of carbonyl (C=O) groups is 2. The number of aryl methyl sites for hydroxylation is 1. The van der Waals surface area contributed by atoms with Gasteiger partial charge in [0.25, 0.3) is 0 Å². The number of tetrazole rings is 1. The molecule has 0 fully saturated rings. The average Bonchev–Trinajstić information content (AvgIpc) is 2.98. The second-order valence-electron chi connectivity index (χ2n) is 3.64. The van der Waals surface area contributed by atoms with Crippen molar-refractivity contribution in [1.82, 2.24) is 20.6 Å². The number of nitrogens with zero attached hydrogens (tertiary/aromatic N) is 3. The minimum absolute atomic E-state index is 0.0198. The molecular weight excluding hydrogens is 270 g/mol. The van der Waals surface area contributed by atoms with E-state index in [1.807, 2.05) is 6.92 Å². The van der Waals surface area contributed by atoms with E-state index in [4.69, 9.17) is 0 Å². The number of aromatic amines is 1. The van der Waals surface area contributed by atoms with Gasteiger partial charge in [-0.15, -0.1) is 21.5 Å². The first-order valence-electron chi connectivity index (χ1n) is 5.31. The zero-order chi connectivity index (χ0) is 13.8. The first-order chi connectivity index (χ1) is 9.10. The highest BCUT2D eigenvalue weighted by Crippen LogP contribution is 2.28. The normalized spacial score (nSPS) is 10.2. The molecule has 2 heterocycles. The zero-order valence-corrected chi connectivity index (χ0v) is 11.1. The minimum Gasteiger partial charge on any atom is -0.465 e. The summed E-state index contributed by atoms with van der Waals surface area (Å²) in [5.41, 5.74) is 0.339. The van der Waals surface area contributed by atoms with E-state index in [9.17, 15) is 9.59 Å². The number of hydrogen-bond donors (Lipinski definition) is 2. The average molecular weight is 281 g/mol. The van der Waals surface area contributed by atoms with Gasteiger partial charge in [-0.1, -0.05) is 5.21 Å². The predicted molar refractivity (Wildman–Crippen MR) is 66.9 cm³/mol. The van der Waals surface area contributed by atoms with E-state index >= 15 is 0 Å². The van der Waals surface area contributed by atoms with Crippen LogP contribution >= 0.6 is 11.3 Å². The van der Waals surface area contributed by atoms with Gasteiger partial charge < -0.3 is 10.1 Å². The Kier molecular flexibility index (Phi) is 3.85. The number of aromatic nitrogens is 4. The molecule has 0 bridgehead atoms. The number of hydrogen-bond acceptors (Lipinski definition) is 7. The third-order valence-electron chi connectivity index (χ3n) is 2.22. The van der Waals surface area contributed by atoms with Crippen LogP contribution in [0.5, 0.6) is 0 Å². The SMILES string of the molecule is COC(=O)c1cc(C)sc1NC(=O)Cc1nn[nH]n1. The molecule has 2 rings (SSSR count). The number of amides is 1. The molecule has 0 aliphatic carbocycles. The molecule has 0 aliphatic heterocycles. The number of ether oxygens (including phenoxy) is 1. The van der Waals surface area contributed by atoms with Gasteiger partial charge in [0, 0.05) is 4.88 Å². The molecule has 0 aromatic carbocycles. The Balaban J connectivity index is 2.10. The van der Waals surface area contributed by atoms with Crippen molar-refractivity contribution < 1.29 is 14.3 Å². The number of thiophene rings is 1. The van der Waals surface area contributed by atoms with E-state index < -0.39 is 5.97 Å². The molecular formula is C10H11N5O3S. The lowest BCUT2D eigenvalue weighted by atomic mass is 10.3. The summed E-state index contributed by atoms with van der Waals surface area (Å²) in [4.78, 5) is 24.2. The fourth-order valence-corrected chi connectivity index (χ4v) is 2.36. The third-order valence-corrected chi connectivity index (χ3v) is 3.19. The molecule has 19 heavy (non-hydrogen) atoms. The molecule has 8 nitrogen and oxygen atoms in total. The molecule has 2 aromatic heterocycles. The fourth-order valence-electron chi connectivity index (χ4n) is 1.44. The van der Waals surface area contributed by atoms with Gasteiger partial charge in [0.1, 0.15) is 5.00 Å². The summed E-state index contributed by atoms with van der Waals surface area (Å²) in [5.74, 6) is -0.530. The van der Waals surface area contributed by atoms with Gasteiger partial charge in [-0.3, -0.25) is 4.79 Å². The van der Waals surface area contributed by atoms with Gasteiger partial charge in [-0.25, -0.2) is 4.79 Å². The van der Waals surface area contributed by atoms with Crippen LogP contribution in [-0.4, -0.2) is 39.6 Å². The fraction of sp³-hybridized carbons (Fsp3) is 0.300. The molecule has 0 atom stereocenters. The van der Waals surface area contributed by atoms with Crippen molar-refractivity contribution in [3.05, 3.63) is 22.3 Å². The molecule has 0 radical (unpaired) electrons. The van der Waals surface area contributed by atoms with Crippen molar-refractivity contribution in [2.24, 2.45) is 0 Å². The highest BCUT2D eigenvalue weighted by molar-refractivity contribution is 7.16. The smallest absolute Gasteiger partial charge is 0.340 e. The summed E-state index contributed by atoms with van der Waals surface area (Å²) in [5, 5.41) is 16.1. The van der Waals surface area contributed by atoms with Crippen LogP contribution in [-0.2, 0) is 16.0 Å². The zero-order valence-electron chi connectivity index (χ0n) is 10.3. The van der Waals surface area contributed by atoms with E-state index in [0.717, 1.165) is 4.88 Å². The molecule has 0 spiro atoms. The summed E-state index contributed by atoms with van der Waals surface area (Å²) in [6.07, 6.45) is -0.0198. The summed E-state index contributed by atoms with van der Waals surface area (Å²) in [6, 6.07) is 1.67. The number of methoxy groups -OCH3 is 1.